The summed E-state index contributed by atoms with van der Waals surface area (Å²) in [6.07, 6.45) is 1.52. The van der Waals surface area contributed by atoms with Gasteiger partial charge in [0.1, 0.15) is 0 Å². The van der Waals surface area contributed by atoms with Crippen molar-refractivity contribution < 1.29 is 21.6 Å². The zero-order valence-electron chi connectivity index (χ0n) is 13.8. The zero-order chi connectivity index (χ0) is 17.3. The maximum atomic E-state index is 12.7. The minimum Gasteiger partial charge on any atom is -0.339 e. The molecule has 2 fully saturated rings. The van der Waals surface area contributed by atoms with Gasteiger partial charge < -0.3 is 4.90 Å². The van der Waals surface area contributed by atoms with Crippen LogP contribution in [-0.2, 0) is 24.7 Å². The summed E-state index contributed by atoms with van der Waals surface area (Å²) in [5.74, 6) is 0.0430. The lowest BCUT2D eigenvalue weighted by Crippen LogP contribution is -2.48. The van der Waals surface area contributed by atoms with Crippen molar-refractivity contribution in [3.63, 3.8) is 0 Å². The Bertz CT molecular complexity index is 636. The third-order valence-electron chi connectivity index (χ3n) is 4.83. The molecule has 0 bridgehead atoms. The monoisotopic (exact) mass is 366 g/mol. The Morgan fingerprint density at radius 2 is 1.78 bits per heavy atom. The Hall–Kier alpha value is -0.670. The topological polar surface area (TPSA) is 91.8 Å². The van der Waals surface area contributed by atoms with E-state index in [4.69, 9.17) is 0 Å². The molecule has 2 heterocycles. The first-order valence-electron chi connectivity index (χ1n) is 8.19. The van der Waals surface area contributed by atoms with Gasteiger partial charge in [0, 0.05) is 31.6 Å². The van der Waals surface area contributed by atoms with E-state index in [0.717, 1.165) is 0 Å². The molecule has 2 aliphatic heterocycles. The molecule has 134 valence electrons. The van der Waals surface area contributed by atoms with Gasteiger partial charge in [0.05, 0.1) is 17.3 Å². The molecule has 0 radical (unpaired) electrons. The number of sulfonamides is 1. The van der Waals surface area contributed by atoms with Crippen molar-refractivity contribution >= 4 is 25.8 Å². The van der Waals surface area contributed by atoms with Crippen LogP contribution in [0.3, 0.4) is 0 Å². The number of amides is 1. The SMILES string of the molecule is CCN(C(=O)C1CCN(S(=O)(=O)CC)CC1)C1CCS(=O)(=O)C1. The van der Waals surface area contributed by atoms with Crippen LogP contribution in [0, 0.1) is 5.92 Å². The fourth-order valence-electron chi connectivity index (χ4n) is 3.41. The van der Waals surface area contributed by atoms with Crippen LogP contribution in [-0.4, -0.2) is 74.9 Å². The number of hydrogen-bond donors (Lipinski definition) is 0. The van der Waals surface area contributed by atoms with Crippen LogP contribution in [0.2, 0.25) is 0 Å². The molecule has 2 saturated heterocycles. The second-order valence-electron chi connectivity index (χ2n) is 6.25. The summed E-state index contributed by atoms with van der Waals surface area (Å²) in [4.78, 5) is 14.4. The fraction of sp³-hybridized carbons (Fsp3) is 0.929. The molecule has 0 aliphatic carbocycles. The van der Waals surface area contributed by atoms with Crippen LogP contribution in [0.1, 0.15) is 33.1 Å². The van der Waals surface area contributed by atoms with Crippen molar-refractivity contribution in [2.45, 2.75) is 39.2 Å². The number of sulfone groups is 1. The number of carbonyl (C=O) groups is 1. The molecule has 0 aromatic heterocycles. The summed E-state index contributed by atoms with van der Waals surface area (Å²) in [7, 11) is -6.23. The largest absolute Gasteiger partial charge is 0.339 e. The molecule has 0 spiro atoms. The van der Waals surface area contributed by atoms with Gasteiger partial charge in [0.2, 0.25) is 15.9 Å². The molecule has 9 heteroatoms. The normalized spacial score (nSPS) is 26.3. The second kappa shape index (κ2) is 7.06. The highest BCUT2D eigenvalue weighted by molar-refractivity contribution is 7.91. The Kier molecular flexibility index (Phi) is 5.73. The Labute approximate surface area is 139 Å². The van der Waals surface area contributed by atoms with Crippen LogP contribution < -0.4 is 0 Å². The molecule has 7 nitrogen and oxygen atoms in total. The van der Waals surface area contributed by atoms with E-state index in [1.807, 2.05) is 6.92 Å². The van der Waals surface area contributed by atoms with E-state index in [0.29, 0.717) is 38.9 Å². The summed E-state index contributed by atoms with van der Waals surface area (Å²) < 4.78 is 48.5. The summed E-state index contributed by atoms with van der Waals surface area (Å²) in [6.45, 7) is 4.71. The first-order chi connectivity index (χ1) is 10.7. The van der Waals surface area contributed by atoms with Gasteiger partial charge in [-0.3, -0.25) is 4.79 Å². The van der Waals surface area contributed by atoms with Crippen molar-refractivity contribution in [2.24, 2.45) is 5.92 Å². The predicted octanol–water partition coefficient (Wildman–Crippen LogP) is 0.0837. The molecular weight excluding hydrogens is 340 g/mol. The maximum absolute atomic E-state index is 12.7. The van der Waals surface area contributed by atoms with E-state index < -0.39 is 19.9 Å². The highest BCUT2D eigenvalue weighted by Gasteiger charge is 2.38. The minimum atomic E-state index is -3.20. The van der Waals surface area contributed by atoms with E-state index in [1.54, 1.807) is 11.8 Å². The van der Waals surface area contributed by atoms with Gasteiger partial charge >= 0.3 is 0 Å². The molecule has 0 aromatic carbocycles. The lowest BCUT2D eigenvalue weighted by atomic mass is 9.95. The van der Waals surface area contributed by atoms with E-state index in [2.05, 4.69) is 0 Å². The predicted molar refractivity (Wildman–Crippen MR) is 88.2 cm³/mol. The third-order valence-corrected chi connectivity index (χ3v) is 8.47. The Morgan fingerprint density at radius 3 is 2.22 bits per heavy atom. The van der Waals surface area contributed by atoms with E-state index >= 15 is 0 Å². The highest BCUT2D eigenvalue weighted by atomic mass is 32.2. The Morgan fingerprint density at radius 1 is 1.17 bits per heavy atom. The molecule has 1 unspecified atom stereocenters. The number of hydrogen-bond acceptors (Lipinski definition) is 5. The molecule has 0 saturated carbocycles. The quantitative estimate of drug-likeness (QED) is 0.687. The third kappa shape index (κ3) is 4.24. The van der Waals surface area contributed by atoms with Gasteiger partial charge in [-0.25, -0.2) is 21.1 Å². The zero-order valence-corrected chi connectivity index (χ0v) is 15.4. The van der Waals surface area contributed by atoms with Crippen molar-refractivity contribution in [2.75, 3.05) is 36.9 Å². The number of piperidine rings is 1. The molecule has 23 heavy (non-hydrogen) atoms. The summed E-state index contributed by atoms with van der Waals surface area (Å²) in [6, 6.07) is -0.227. The van der Waals surface area contributed by atoms with Gasteiger partial charge in [-0.15, -0.1) is 0 Å². The summed E-state index contributed by atoms with van der Waals surface area (Å²) in [5, 5.41) is 0. The number of nitrogens with zero attached hydrogens (tertiary/aromatic N) is 2. The van der Waals surface area contributed by atoms with Crippen LogP contribution in [0.5, 0.6) is 0 Å². The van der Waals surface area contributed by atoms with Crippen molar-refractivity contribution in [3.05, 3.63) is 0 Å². The highest BCUT2D eigenvalue weighted by Crippen LogP contribution is 2.25. The molecule has 1 atom stereocenters. The maximum Gasteiger partial charge on any atom is 0.226 e. The van der Waals surface area contributed by atoms with Gasteiger partial charge in [-0.1, -0.05) is 0 Å². The van der Waals surface area contributed by atoms with Crippen molar-refractivity contribution in [3.8, 4) is 0 Å². The number of rotatable bonds is 5. The first kappa shape index (κ1) is 18.7. The number of carbonyl (C=O) groups excluding carboxylic acids is 1. The van der Waals surface area contributed by atoms with Gasteiger partial charge in [0.25, 0.3) is 0 Å². The first-order valence-corrected chi connectivity index (χ1v) is 11.6. The smallest absolute Gasteiger partial charge is 0.226 e. The summed E-state index contributed by atoms with van der Waals surface area (Å²) >= 11 is 0. The molecule has 2 aliphatic rings. The molecule has 0 aromatic rings. The van der Waals surface area contributed by atoms with Crippen molar-refractivity contribution in [1.82, 2.24) is 9.21 Å². The van der Waals surface area contributed by atoms with E-state index in [-0.39, 0.29) is 35.1 Å². The molecule has 2 rings (SSSR count). The molecule has 0 N–H and O–H groups in total. The van der Waals surface area contributed by atoms with Gasteiger partial charge in [0.15, 0.2) is 9.84 Å². The van der Waals surface area contributed by atoms with Crippen LogP contribution in [0.25, 0.3) is 0 Å². The Balaban J connectivity index is 1.98. The second-order valence-corrected chi connectivity index (χ2v) is 10.7. The molecule has 1 amide bonds. The lowest BCUT2D eigenvalue weighted by molar-refractivity contribution is -0.138. The van der Waals surface area contributed by atoms with Crippen molar-refractivity contribution in [1.29, 1.82) is 0 Å². The standard InChI is InChI=1S/C14H26N2O5S2/c1-3-16(13-7-10-22(18,19)11-13)14(17)12-5-8-15(9-6-12)23(20,21)4-2/h12-13H,3-11H2,1-2H3. The lowest BCUT2D eigenvalue weighted by Gasteiger charge is -2.35. The van der Waals surface area contributed by atoms with Gasteiger partial charge in [-0.2, -0.15) is 0 Å². The molecular formula is C14H26N2O5S2. The van der Waals surface area contributed by atoms with Gasteiger partial charge in [-0.05, 0) is 33.1 Å². The minimum absolute atomic E-state index is 0.0249. The van der Waals surface area contributed by atoms with E-state index in [9.17, 15) is 21.6 Å². The average molecular weight is 367 g/mol. The average Bonchev–Trinajstić information content (AvgIpc) is 2.88. The fourth-order valence-corrected chi connectivity index (χ4v) is 6.28. The summed E-state index contributed by atoms with van der Waals surface area (Å²) in [5.41, 5.74) is 0. The van der Waals surface area contributed by atoms with Crippen LogP contribution >= 0.6 is 0 Å². The van der Waals surface area contributed by atoms with Crippen LogP contribution in [0.15, 0.2) is 0 Å². The van der Waals surface area contributed by atoms with E-state index in [1.165, 1.54) is 4.31 Å². The van der Waals surface area contributed by atoms with Crippen LogP contribution in [0.4, 0.5) is 0 Å².